The van der Waals surface area contributed by atoms with E-state index in [2.05, 4.69) is 58.4 Å². The van der Waals surface area contributed by atoms with Gasteiger partial charge in [-0.3, -0.25) is 4.40 Å². The van der Waals surface area contributed by atoms with E-state index in [1.54, 1.807) is 6.20 Å². The molecule has 18 heavy (non-hydrogen) atoms. The summed E-state index contributed by atoms with van der Waals surface area (Å²) < 4.78 is 1.95. The maximum atomic E-state index is 4.44. The Morgan fingerprint density at radius 2 is 1.56 bits per heavy atom. The fourth-order valence-corrected chi connectivity index (χ4v) is 1.19. The molecule has 0 fully saturated rings. The maximum absolute atomic E-state index is 4.44. The fraction of sp³-hybridized carbons (Fsp3) is 0.600. The highest BCUT2D eigenvalue weighted by molar-refractivity contribution is 5.31. The van der Waals surface area contributed by atoms with Crippen LogP contribution >= 0.6 is 0 Å². The molecule has 100 valence electrons. The number of hydrogen-bond acceptors (Lipinski definition) is 2. The van der Waals surface area contributed by atoms with E-state index in [1.165, 1.54) is 0 Å². The summed E-state index contributed by atoms with van der Waals surface area (Å²) >= 11 is 0. The molecule has 0 spiro atoms. The van der Waals surface area contributed by atoms with E-state index in [0.717, 1.165) is 11.5 Å². The lowest BCUT2D eigenvalue weighted by Gasteiger charge is -2.13. The largest absolute Gasteiger partial charge is 0.291 e. The molecule has 0 radical (unpaired) electrons. The molecule has 2 rings (SSSR count). The molecule has 2 aromatic rings. The fourth-order valence-electron chi connectivity index (χ4n) is 1.19. The van der Waals surface area contributed by atoms with Crippen LogP contribution in [0.3, 0.4) is 0 Å². The van der Waals surface area contributed by atoms with E-state index in [9.17, 15) is 0 Å². The van der Waals surface area contributed by atoms with Gasteiger partial charge >= 0.3 is 0 Å². The minimum absolute atomic E-state index is 0.0910. The smallest absolute Gasteiger partial charge is 0.233 e. The maximum Gasteiger partial charge on any atom is 0.233 e. The molecule has 0 aromatic carbocycles. The third-order valence-electron chi connectivity index (χ3n) is 2.00. The lowest BCUT2D eigenvalue weighted by Crippen LogP contribution is -2.11. The summed E-state index contributed by atoms with van der Waals surface area (Å²) in [5, 5.41) is 0. The number of imidazole rings is 1. The third-order valence-corrected chi connectivity index (χ3v) is 2.00. The van der Waals surface area contributed by atoms with Gasteiger partial charge in [0.2, 0.25) is 5.78 Å². The second kappa shape index (κ2) is 5.09. The molecule has 3 nitrogen and oxygen atoms in total. The van der Waals surface area contributed by atoms with Crippen molar-refractivity contribution < 1.29 is 0 Å². The molecule has 0 unspecified atom stereocenters. The van der Waals surface area contributed by atoms with Crippen LogP contribution in [0.25, 0.3) is 5.78 Å². The predicted octanol–water partition coefficient (Wildman–Crippen LogP) is 4.08. The first kappa shape index (κ1) is 14.7. The minimum Gasteiger partial charge on any atom is -0.291 e. The van der Waals surface area contributed by atoms with Crippen molar-refractivity contribution >= 4 is 5.78 Å². The van der Waals surface area contributed by atoms with Gasteiger partial charge in [0.25, 0.3) is 0 Å². The van der Waals surface area contributed by atoms with Crippen LogP contribution in [-0.2, 0) is 5.41 Å². The van der Waals surface area contributed by atoms with Crippen molar-refractivity contribution in [3.8, 4) is 0 Å². The molecular weight excluding hydrogens is 222 g/mol. The van der Waals surface area contributed by atoms with E-state index in [1.807, 2.05) is 22.9 Å². The van der Waals surface area contributed by atoms with Gasteiger partial charge < -0.3 is 0 Å². The first-order valence-corrected chi connectivity index (χ1v) is 6.37. The van der Waals surface area contributed by atoms with Crippen LogP contribution in [-0.4, -0.2) is 14.4 Å². The molecule has 0 saturated carbocycles. The lowest BCUT2D eigenvalue weighted by atomic mass is 9.93. The molecular formula is C15H25N3. The second-order valence-electron chi connectivity index (χ2n) is 7.20. The van der Waals surface area contributed by atoms with Crippen molar-refractivity contribution in [3.63, 3.8) is 0 Å². The Balaban J connectivity index is 0.000000280. The van der Waals surface area contributed by atoms with Gasteiger partial charge in [-0.1, -0.05) is 48.5 Å². The molecule has 0 saturated heterocycles. The van der Waals surface area contributed by atoms with Crippen molar-refractivity contribution in [2.45, 2.75) is 53.9 Å². The summed E-state index contributed by atoms with van der Waals surface area (Å²) in [5.41, 5.74) is 1.67. The van der Waals surface area contributed by atoms with Crippen LogP contribution in [0.5, 0.6) is 0 Å². The third kappa shape index (κ3) is 4.86. The van der Waals surface area contributed by atoms with Crippen LogP contribution in [0.1, 0.15) is 54.2 Å². The summed E-state index contributed by atoms with van der Waals surface area (Å²) in [6, 6.07) is 1.90. The van der Waals surface area contributed by atoms with Crippen LogP contribution in [0.2, 0.25) is 0 Å². The number of nitrogens with zero attached hydrogens (tertiary/aromatic N) is 3. The van der Waals surface area contributed by atoms with E-state index in [0.29, 0.717) is 5.41 Å². The zero-order valence-electron chi connectivity index (χ0n) is 12.7. The highest BCUT2D eigenvalue weighted by Gasteiger charge is 2.17. The van der Waals surface area contributed by atoms with E-state index in [-0.39, 0.29) is 5.41 Å². The van der Waals surface area contributed by atoms with Crippen LogP contribution in [0.15, 0.2) is 24.7 Å². The molecule has 0 aliphatic rings. The normalized spacial score (nSPS) is 12.2. The monoisotopic (exact) mass is 247 g/mol. The highest BCUT2D eigenvalue weighted by atomic mass is 15.1. The standard InChI is InChI=1S/C10H13N3.C5H12/c1-10(2,3)8-7-13-6-4-5-11-9(13)12-8;1-5(2,3)4/h4-7H,1-3H3;1-4H3. The molecule has 0 amide bonds. The Hall–Kier alpha value is -1.38. The van der Waals surface area contributed by atoms with Gasteiger partial charge in [-0.15, -0.1) is 0 Å². The summed E-state index contributed by atoms with van der Waals surface area (Å²) in [6.45, 7) is 15.2. The number of hydrogen-bond donors (Lipinski definition) is 0. The molecule has 0 N–H and O–H groups in total. The van der Waals surface area contributed by atoms with Gasteiger partial charge in [-0.2, -0.15) is 0 Å². The van der Waals surface area contributed by atoms with Crippen molar-refractivity contribution in [2.75, 3.05) is 0 Å². The highest BCUT2D eigenvalue weighted by Crippen LogP contribution is 2.20. The van der Waals surface area contributed by atoms with Crippen molar-refractivity contribution in [1.82, 2.24) is 14.4 Å². The molecule has 0 aliphatic heterocycles. The Morgan fingerprint density at radius 1 is 1.00 bits per heavy atom. The number of aromatic nitrogens is 3. The quantitative estimate of drug-likeness (QED) is 0.702. The molecule has 0 atom stereocenters. The zero-order valence-corrected chi connectivity index (χ0v) is 12.7. The Morgan fingerprint density at radius 3 is 2.00 bits per heavy atom. The topological polar surface area (TPSA) is 30.2 Å². The summed E-state index contributed by atoms with van der Waals surface area (Å²) in [7, 11) is 0. The summed E-state index contributed by atoms with van der Waals surface area (Å²) in [4.78, 5) is 8.60. The van der Waals surface area contributed by atoms with Crippen LogP contribution in [0.4, 0.5) is 0 Å². The first-order valence-electron chi connectivity index (χ1n) is 6.37. The van der Waals surface area contributed by atoms with E-state index in [4.69, 9.17) is 0 Å². The minimum atomic E-state index is 0.0910. The molecule has 0 bridgehead atoms. The van der Waals surface area contributed by atoms with Gasteiger partial charge in [-0.25, -0.2) is 9.97 Å². The summed E-state index contributed by atoms with van der Waals surface area (Å²) in [5.74, 6) is 0.771. The Kier molecular flexibility index (Phi) is 4.15. The average molecular weight is 247 g/mol. The van der Waals surface area contributed by atoms with Gasteiger partial charge in [0.05, 0.1) is 5.69 Å². The van der Waals surface area contributed by atoms with Crippen molar-refractivity contribution in [3.05, 3.63) is 30.4 Å². The van der Waals surface area contributed by atoms with Gasteiger partial charge in [0, 0.05) is 24.0 Å². The van der Waals surface area contributed by atoms with Gasteiger partial charge in [0.1, 0.15) is 0 Å². The average Bonchev–Trinajstić information content (AvgIpc) is 2.57. The second-order valence-corrected chi connectivity index (χ2v) is 7.20. The van der Waals surface area contributed by atoms with Gasteiger partial charge in [0.15, 0.2) is 0 Å². The Labute approximate surface area is 110 Å². The summed E-state index contributed by atoms with van der Waals surface area (Å²) in [6.07, 6.45) is 5.75. The van der Waals surface area contributed by atoms with Crippen molar-refractivity contribution in [2.24, 2.45) is 5.41 Å². The molecule has 2 heterocycles. The SMILES string of the molecule is CC(C)(C)C.CC(C)(C)c1cn2cccnc2n1. The first-order chi connectivity index (χ1) is 8.07. The van der Waals surface area contributed by atoms with Crippen LogP contribution < -0.4 is 0 Å². The van der Waals surface area contributed by atoms with E-state index >= 15 is 0 Å². The molecule has 2 aromatic heterocycles. The molecule has 0 aliphatic carbocycles. The van der Waals surface area contributed by atoms with Crippen molar-refractivity contribution in [1.29, 1.82) is 0 Å². The lowest BCUT2D eigenvalue weighted by molar-refractivity contribution is 0.469. The number of fused-ring (bicyclic) bond motifs is 1. The van der Waals surface area contributed by atoms with Crippen LogP contribution in [0, 0.1) is 5.41 Å². The predicted molar refractivity (Wildman–Crippen MR) is 76.8 cm³/mol. The van der Waals surface area contributed by atoms with E-state index < -0.39 is 0 Å². The molecule has 3 heteroatoms. The number of rotatable bonds is 0. The zero-order chi connectivity index (χ0) is 14.0. The van der Waals surface area contributed by atoms with Gasteiger partial charge in [-0.05, 0) is 11.5 Å². The Bertz CT molecular complexity index is 459.